The summed E-state index contributed by atoms with van der Waals surface area (Å²) in [6.45, 7) is 0. The molecule has 52 valence electrons. The lowest BCUT2D eigenvalue weighted by Crippen LogP contribution is -1.98. The number of aliphatic carboxylic acids is 1. The van der Waals surface area contributed by atoms with Gasteiger partial charge in [0.2, 0.25) is 0 Å². The Hall–Kier alpha value is -1.31. The van der Waals surface area contributed by atoms with Crippen LogP contribution in [-0.4, -0.2) is 11.1 Å². The Bertz CT molecular complexity index is 282. The quantitative estimate of drug-likeness (QED) is 0.669. The third kappa shape index (κ3) is 1.90. The van der Waals surface area contributed by atoms with Gasteiger partial charge in [0.15, 0.2) is 0 Å². The number of hydrogen-bond acceptors (Lipinski definition) is 1. The van der Waals surface area contributed by atoms with Crippen molar-refractivity contribution >= 4 is 5.97 Å². The number of rotatable bonds is 2. The third-order valence-corrected chi connectivity index (χ3v) is 1.03. The van der Waals surface area contributed by atoms with E-state index < -0.39 is 12.3 Å². The van der Waals surface area contributed by atoms with Crippen LogP contribution >= 0.6 is 0 Å². The van der Waals surface area contributed by atoms with Gasteiger partial charge in [-0.25, -0.2) is 0 Å². The lowest BCUT2D eigenvalue weighted by molar-refractivity contribution is -0.136. The van der Waals surface area contributed by atoms with Crippen molar-refractivity contribution < 1.29 is 12.6 Å². The lowest BCUT2D eigenvalue weighted by Gasteiger charge is -1.92. The van der Waals surface area contributed by atoms with Crippen LogP contribution in [0.4, 0.5) is 0 Å². The Morgan fingerprint density at radius 2 is 2.10 bits per heavy atom. The maximum absolute atomic E-state index is 10.4. The molecule has 10 heavy (non-hydrogen) atoms. The highest BCUT2D eigenvalue weighted by Gasteiger charge is 1.96. The SMILES string of the molecule is [2H]C([2H])(C(=O)O)c1ccccc1. The molecule has 0 amide bonds. The van der Waals surface area contributed by atoms with Crippen molar-refractivity contribution in [1.82, 2.24) is 0 Å². The minimum atomic E-state index is -2.29. The number of benzene rings is 1. The van der Waals surface area contributed by atoms with Crippen LogP contribution in [0.1, 0.15) is 8.30 Å². The zero-order valence-corrected chi connectivity index (χ0v) is 5.24. The summed E-state index contributed by atoms with van der Waals surface area (Å²) >= 11 is 0. The zero-order valence-electron chi connectivity index (χ0n) is 7.24. The molecule has 0 saturated heterocycles. The van der Waals surface area contributed by atoms with Crippen molar-refractivity contribution in [3.05, 3.63) is 35.9 Å². The Balaban J connectivity index is 3.06. The molecule has 0 aliphatic carbocycles. The first-order chi connectivity index (χ1) is 5.55. The van der Waals surface area contributed by atoms with Crippen LogP contribution in [0.3, 0.4) is 0 Å². The average Bonchev–Trinajstić information content (AvgIpc) is 2.06. The summed E-state index contributed by atoms with van der Waals surface area (Å²) in [5.41, 5.74) is 0.164. The van der Waals surface area contributed by atoms with E-state index >= 15 is 0 Å². The summed E-state index contributed by atoms with van der Waals surface area (Å²) in [6, 6.07) is 7.83. The highest BCUT2D eigenvalue weighted by atomic mass is 16.4. The van der Waals surface area contributed by atoms with Gasteiger partial charge in [-0.15, -0.1) is 0 Å². The van der Waals surface area contributed by atoms with Gasteiger partial charge in [0.05, 0.1) is 6.37 Å². The van der Waals surface area contributed by atoms with Crippen molar-refractivity contribution in [1.29, 1.82) is 0 Å². The summed E-state index contributed by atoms with van der Waals surface area (Å²) in [7, 11) is 0. The predicted molar refractivity (Wildman–Crippen MR) is 37.8 cm³/mol. The van der Waals surface area contributed by atoms with E-state index in [1.54, 1.807) is 18.2 Å². The Kier molecular flexibility index (Phi) is 1.35. The van der Waals surface area contributed by atoms with Crippen LogP contribution in [0.15, 0.2) is 30.3 Å². The average molecular weight is 138 g/mol. The van der Waals surface area contributed by atoms with Crippen LogP contribution < -0.4 is 0 Å². The standard InChI is InChI=1S/C8H8O2/c9-8(10)6-7-4-2-1-3-5-7/h1-5H,6H2,(H,9,10)/i6D2. The van der Waals surface area contributed by atoms with Crippen molar-refractivity contribution in [3.63, 3.8) is 0 Å². The first kappa shape index (κ1) is 4.50. The van der Waals surface area contributed by atoms with Gasteiger partial charge in [-0.1, -0.05) is 30.3 Å². The second-order valence-corrected chi connectivity index (χ2v) is 1.80. The summed E-state index contributed by atoms with van der Waals surface area (Å²) in [4.78, 5) is 10.4. The number of carbonyl (C=O) groups is 1. The van der Waals surface area contributed by atoms with Gasteiger partial charge in [0.25, 0.3) is 0 Å². The van der Waals surface area contributed by atoms with Crippen molar-refractivity contribution in [2.75, 3.05) is 0 Å². The molecule has 0 heterocycles. The van der Waals surface area contributed by atoms with E-state index in [2.05, 4.69) is 0 Å². The molecule has 0 spiro atoms. The molecule has 1 aromatic carbocycles. The molecule has 1 aromatic rings. The van der Waals surface area contributed by atoms with Crippen LogP contribution in [0.25, 0.3) is 0 Å². The first-order valence-electron chi connectivity index (χ1n) is 3.84. The minimum absolute atomic E-state index is 0.164. The highest BCUT2D eigenvalue weighted by molar-refractivity contribution is 5.70. The van der Waals surface area contributed by atoms with Crippen molar-refractivity contribution in [2.24, 2.45) is 0 Å². The number of hydrogen-bond donors (Lipinski definition) is 1. The van der Waals surface area contributed by atoms with E-state index in [0.717, 1.165) is 0 Å². The molecule has 0 aliphatic rings. The molecule has 0 aliphatic heterocycles. The van der Waals surface area contributed by atoms with Gasteiger partial charge < -0.3 is 5.11 Å². The normalized spacial score (nSPS) is 13.6. The van der Waals surface area contributed by atoms with Crippen LogP contribution in [0, 0.1) is 0 Å². The van der Waals surface area contributed by atoms with Crippen LogP contribution in [-0.2, 0) is 11.2 Å². The third-order valence-electron chi connectivity index (χ3n) is 1.03. The predicted octanol–water partition coefficient (Wildman–Crippen LogP) is 1.31. The van der Waals surface area contributed by atoms with Gasteiger partial charge in [0.1, 0.15) is 0 Å². The largest absolute Gasteiger partial charge is 0.481 e. The molecule has 1 N–H and O–H groups in total. The fourth-order valence-corrected chi connectivity index (χ4v) is 0.645. The van der Waals surface area contributed by atoms with Crippen molar-refractivity contribution in [2.45, 2.75) is 6.37 Å². The molecule has 1 rings (SSSR count). The van der Waals surface area contributed by atoms with Gasteiger partial charge in [0, 0.05) is 2.74 Å². The summed E-state index contributed by atoms with van der Waals surface area (Å²) in [6.07, 6.45) is -2.29. The first-order valence-corrected chi connectivity index (χ1v) is 2.84. The minimum Gasteiger partial charge on any atom is -0.481 e. The molecule has 0 atom stereocenters. The molecular weight excluding hydrogens is 128 g/mol. The molecule has 0 radical (unpaired) electrons. The molecule has 0 bridgehead atoms. The molecule has 0 saturated carbocycles. The Morgan fingerprint density at radius 3 is 2.60 bits per heavy atom. The second-order valence-electron chi connectivity index (χ2n) is 1.80. The molecular formula is C8H8O2. The summed E-state index contributed by atoms with van der Waals surface area (Å²) in [5.74, 6) is -1.46. The summed E-state index contributed by atoms with van der Waals surface area (Å²) < 4.78 is 14.4. The number of carboxylic acids is 1. The van der Waals surface area contributed by atoms with E-state index in [9.17, 15) is 4.79 Å². The van der Waals surface area contributed by atoms with E-state index in [4.69, 9.17) is 7.85 Å². The van der Waals surface area contributed by atoms with E-state index in [1.807, 2.05) is 0 Å². The van der Waals surface area contributed by atoms with Gasteiger partial charge >= 0.3 is 5.97 Å². The molecule has 0 fully saturated rings. The van der Waals surface area contributed by atoms with Crippen LogP contribution in [0.2, 0.25) is 0 Å². The maximum Gasteiger partial charge on any atom is 0.307 e. The molecule has 2 nitrogen and oxygen atoms in total. The molecule has 0 unspecified atom stereocenters. The topological polar surface area (TPSA) is 37.3 Å². The maximum atomic E-state index is 10.4. The second kappa shape index (κ2) is 3.01. The fourth-order valence-electron chi connectivity index (χ4n) is 0.645. The Labute approximate surface area is 61.9 Å². The summed E-state index contributed by atoms with van der Waals surface area (Å²) in [5, 5.41) is 8.52. The lowest BCUT2D eigenvalue weighted by atomic mass is 10.2. The smallest absolute Gasteiger partial charge is 0.307 e. The van der Waals surface area contributed by atoms with E-state index in [0.29, 0.717) is 0 Å². The van der Waals surface area contributed by atoms with Gasteiger partial charge in [-0.2, -0.15) is 0 Å². The van der Waals surface area contributed by atoms with E-state index in [1.165, 1.54) is 12.1 Å². The van der Waals surface area contributed by atoms with Gasteiger partial charge in [-0.3, -0.25) is 4.79 Å². The molecule has 2 heteroatoms. The Morgan fingerprint density at radius 1 is 1.50 bits per heavy atom. The monoisotopic (exact) mass is 138 g/mol. The molecule has 0 aromatic heterocycles. The van der Waals surface area contributed by atoms with Crippen LogP contribution in [0.5, 0.6) is 0 Å². The number of carboxylic acid groups (broad SMARTS) is 1. The van der Waals surface area contributed by atoms with E-state index in [-0.39, 0.29) is 5.56 Å². The highest BCUT2D eigenvalue weighted by Crippen LogP contribution is 1.98. The van der Waals surface area contributed by atoms with Gasteiger partial charge in [-0.05, 0) is 5.56 Å². The van der Waals surface area contributed by atoms with Crippen molar-refractivity contribution in [3.8, 4) is 0 Å². The zero-order chi connectivity index (χ0) is 9.19. The fraction of sp³-hybridized carbons (Fsp3) is 0.125.